The second-order valence-corrected chi connectivity index (χ2v) is 10.3. The number of nitrogens with zero attached hydrogens (tertiary/aromatic N) is 3. The van der Waals surface area contributed by atoms with Gasteiger partial charge in [-0.1, -0.05) is 12.1 Å². The zero-order valence-corrected chi connectivity index (χ0v) is 19.6. The van der Waals surface area contributed by atoms with E-state index in [1.54, 1.807) is 36.4 Å². The molecule has 2 aromatic rings. The number of nitro groups is 1. The lowest BCUT2D eigenvalue weighted by atomic mass is 10.1. The number of anilines is 1. The molecule has 2 fully saturated rings. The molecule has 10 nitrogen and oxygen atoms in total. The summed E-state index contributed by atoms with van der Waals surface area (Å²) in [6.07, 6.45) is 2.50. The maximum atomic E-state index is 12.7. The van der Waals surface area contributed by atoms with Crippen molar-refractivity contribution in [1.82, 2.24) is 9.62 Å². The SMILES string of the molecule is O=C(NCCc1ccc(S(=O)(=O)N2CCOCC2)cc1)c1ccc(N2CCCC2)c([N+](=O)[O-])c1. The Morgan fingerprint density at radius 1 is 1.03 bits per heavy atom. The van der Waals surface area contributed by atoms with E-state index < -0.39 is 14.9 Å². The van der Waals surface area contributed by atoms with E-state index in [1.807, 2.05) is 4.90 Å². The number of carbonyl (C=O) groups excluding carboxylic acids is 1. The quantitative estimate of drug-likeness (QED) is 0.446. The van der Waals surface area contributed by atoms with Crippen LogP contribution in [0.3, 0.4) is 0 Å². The van der Waals surface area contributed by atoms with Gasteiger partial charge in [-0.05, 0) is 49.1 Å². The highest BCUT2D eigenvalue weighted by Crippen LogP contribution is 2.31. The van der Waals surface area contributed by atoms with Crippen molar-refractivity contribution in [2.45, 2.75) is 24.2 Å². The maximum absolute atomic E-state index is 12.7. The first-order chi connectivity index (χ1) is 16.4. The second kappa shape index (κ2) is 10.5. The first-order valence-electron chi connectivity index (χ1n) is 11.3. The molecular weight excluding hydrogens is 460 g/mol. The largest absolute Gasteiger partial charge is 0.379 e. The summed E-state index contributed by atoms with van der Waals surface area (Å²) < 4.78 is 32.0. The Morgan fingerprint density at radius 2 is 1.71 bits per heavy atom. The fourth-order valence-electron chi connectivity index (χ4n) is 4.22. The molecule has 34 heavy (non-hydrogen) atoms. The number of hydrogen-bond acceptors (Lipinski definition) is 7. The third kappa shape index (κ3) is 5.37. The lowest BCUT2D eigenvalue weighted by Crippen LogP contribution is -2.40. The third-order valence-electron chi connectivity index (χ3n) is 6.11. The van der Waals surface area contributed by atoms with Crippen molar-refractivity contribution in [1.29, 1.82) is 0 Å². The zero-order chi connectivity index (χ0) is 24.1. The number of morpholine rings is 1. The van der Waals surface area contributed by atoms with Gasteiger partial charge in [-0.2, -0.15) is 4.31 Å². The fraction of sp³-hybridized carbons (Fsp3) is 0.435. The molecule has 2 aromatic carbocycles. The lowest BCUT2D eigenvalue weighted by molar-refractivity contribution is -0.384. The number of benzene rings is 2. The van der Waals surface area contributed by atoms with Gasteiger partial charge < -0.3 is 15.0 Å². The zero-order valence-electron chi connectivity index (χ0n) is 18.8. The predicted octanol–water partition coefficient (Wildman–Crippen LogP) is 2.19. The molecule has 0 unspecified atom stereocenters. The summed E-state index contributed by atoms with van der Waals surface area (Å²) in [5, 5.41) is 14.3. The molecule has 0 spiro atoms. The molecule has 2 saturated heterocycles. The first-order valence-corrected chi connectivity index (χ1v) is 12.8. The highest BCUT2D eigenvalue weighted by molar-refractivity contribution is 7.89. The van der Waals surface area contributed by atoms with E-state index in [9.17, 15) is 23.3 Å². The van der Waals surface area contributed by atoms with Crippen molar-refractivity contribution in [3.8, 4) is 0 Å². The monoisotopic (exact) mass is 488 g/mol. The molecule has 0 aliphatic carbocycles. The van der Waals surface area contributed by atoms with Gasteiger partial charge in [0.1, 0.15) is 5.69 Å². The molecular formula is C23H28N4O6S. The van der Waals surface area contributed by atoms with Gasteiger partial charge in [0.2, 0.25) is 10.0 Å². The molecule has 2 heterocycles. The van der Waals surface area contributed by atoms with Crippen LogP contribution in [0.1, 0.15) is 28.8 Å². The molecule has 1 N–H and O–H groups in total. The Labute approximate surface area is 198 Å². The molecule has 0 radical (unpaired) electrons. The molecule has 0 saturated carbocycles. The van der Waals surface area contributed by atoms with E-state index in [4.69, 9.17) is 4.74 Å². The summed E-state index contributed by atoms with van der Waals surface area (Å²) in [6, 6.07) is 11.2. The van der Waals surface area contributed by atoms with Crippen molar-refractivity contribution in [3.05, 3.63) is 63.7 Å². The van der Waals surface area contributed by atoms with Crippen molar-refractivity contribution >= 4 is 27.3 Å². The Kier molecular flexibility index (Phi) is 7.44. The number of amides is 1. The van der Waals surface area contributed by atoms with Gasteiger partial charge in [-0.15, -0.1) is 0 Å². The van der Waals surface area contributed by atoms with Crippen molar-refractivity contribution in [2.24, 2.45) is 0 Å². The Bertz CT molecular complexity index is 1140. The normalized spacial score (nSPS) is 17.0. The van der Waals surface area contributed by atoms with E-state index in [0.717, 1.165) is 31.5 Å². The number of sulfonamides is 1. The van der Waals surface area contributed by atoms with Gasteiger partial charge in [0.15, 0.2) is 0 Å². The van der Waals surface area contributed by atoms with Gasteiger partial charge in [0.25, 0.3) is 11.6 Å². The van der Waals surface area contributed by atoms with Crippen molar-refractivity contribution < 1.29 is 22.9 Å². The molecule has 2 aliphatic heterocycles. The maximum Gasteiger partial charge on any atom is 0.293 e. The number of rotatable bonds is 8. The van der Waals surface area contributed by atoms with E-state index in [-0.39, 0.29) is 22.1 Å². The third-order valence-corrected chi connectivity index (χ3v) is 8.02. The molecule has 2 aliphatic rings. The number of nitro benzene ring substituents is 1. The molecule has 1 amide bonds. The van der Waals surface area contributed by atoms with Crippen LogP contribution in [0.5, 0.6) is 0 Å². The summed E-state index contributed by atoms with van der Waals surface area (Å²) in [7, 11) is -3.54. The Balaban J connectivity index is 1.35. The van der Waals surface area contributed by atoms with Crippen LogP contribution in [-0.4, -0.2) is 69.5 Å². The number of hydrogen-bond donors (Lipinski definition) is 1. The highest BCUT2D eigenvalue weighted by atomic mass is 32.2. The van der Waals surface area contributed by atoms with Gasteiger partial charge in [0, 0.05) is 44.4 Å². The van der Waals surface area contributed by atoms with E-state index in [1.165, 1.54) is 10.4 Å². The average molecular weight is 489 g/mol. The Morgan fingerprint density at radius 3 is 2.35 bits per heavy atom. The van der Waals surface area contributed by atoms with Gasteiger partial charge >= 0.3 is 0 Å². The molecule has 182 valence electrons. The second-order valence-electron chi connectivity index (χ2n) is 8.32. The smallest absolute Gasteiger partial charge is 0.293 e. The van der Waals surface area contributed by atoms with Crippen LogP contribution in [0.2, 0.25) is 0 Å². The molecule has 0 aromatic heterocycles. The van der Waals surface area contributed by atoms with Crippen LogP contribution in [0.15, 0.2) is 47.4 Å². The van der Waals surface area contributed by atoms with Gasteiger partial charge in [-0.3, -0.25) is 14.9 Å². The minimum Gasteiger partial charge on any atom is -0.379 e. The minimum atomic E-state index is -3.54. The standard InChI is InChI=1S/C23H28N4O6S/c28-23(19-5-8-21(22(17-19)27(29)30)25-11-1-2-12-25)24-10-9-18-3-6-20(7-4-18)34(31,32)26-13-15-33-16-14-26/h3-8,17H,1-2,9-16H2,(H,24,28). The molecule has 0 bridgehead atoms. The summed E-state index contributed by atoms with van der Waals surface area (Å²) in [6.45, 7) is 3.33. The van der Waals surface area contributed by atoms with E-state index >= 15 is 0 Å². The molecule has 0 atom stereocenters. The van der Waals surface area contributed by atoms with Crippen LogP contribution >= 0.6 is 0 Å². The molecule has 11 heteroatoms. The summed E-state index contributed by atoms with van der Waals surface area (Å²) in [5.41, 5.74) is 1.59. The highest BCUT2D eigenvalue weighted by Gasteiger charge is 2.26. The van der Waals surface area contributed by atoms with Crippen LogP contribution in [-0.2, 0) is 21.2 Å². The van der Waals surface area contributed by atoms with Crippen LogP contribution in [0.4, 0.5) is 11.4 Å². The van der Waals surface area contributed by atoms with Gasteiger partial charge in [-0.25, -0.2) is 8.42 Å². The van der Waals surface area contributed by atoms with E-state index in [0.29, 0.717) is 45.0 Å². The first kappa shape index (κ1) is 24.1. The predicted molar refractivity (Wildman–Crippen MR) is 127 cm³/mol. The van der Waals surface area contributed by atoms with Crippen molar-refractivity contribution in [3.63, 3.8) is 0 Å². The summed E-state index contributed by atoms with van der Waals surface area (Å²) in [4.78, 5) is 25.9. The fourth-order valence-corrected chi connectivity index (χ4v) is 5.63. The number of ether oxygens (including phenoxy) is 1. The van der Waals surface area contributed by atoms with Crippen LogP contribution in [0, 0.1) is 10.1 Å². The number of carbonyl (C=O) groups is 1. The van der Waals surface area contributed by atoms with Crippen molar-refractivity contribution in [2.75, 3.05) is 50.8 Å². The minimum absolute atomic E-state index is 0.0633. The summed E-state index contributed by atoms with van der Waals surface area (Å²) in [5.74, 6) is -0.386. The Hall–Kier alpha value is -3.02. The average Bonchev–Trinajstić information content (AvgIpc) is 3.39. The lowest BCUT2D eigenvalue weighted by Gasteiger charge is -2.26. The van der Waals surface area contributed by atoms with Crippen LogP contribution in [0.25, 0.3) is 0 Å². The van der Waals surface area contributed by atoms with E-state index in [2.05, 4.69) is 5.32 Å². The summed E-state index contributed by atoms with van der Waals surface area (Å²) >= 11 is 0. The van der Waals surface area contributed by atoms with Gasteiger partial charge in [0.05, 0.1) is 23.0 Å². The van der Waals surface area contributed by atoms with Crippen LogP contribution < -0.4 is 10.2 Å². The number of nitrogens with one attached hydrogen (secondary N) is 1. The topological polar surface area (TPSA) is 122 Å². The molecule has 4 rings (SSSR count).